The van der Waals surface area contributed by atoms with Crippen LogP contribution in [-0.2, 0) is 9.53 Å². The molecule has 2 rings (SSSR count). The Kier molecular flexibility index (Phi) is 6.73. The summed E-state index contributed by atoms with van der Waals surface area (Å²) in [5, 5.41) is 23.9. The summed E-state index contributed by atoms with van der Waals surface area (Å²) in [6.45, 7) is 1.77. The van der Waals surface area contributed by atoms with Gasteiger partial charge in [-0.25, -0.2) is 9.59 Å². The van der Waals surface area contributed by atoms with Crippen LogP contribution < -0.4 is 10.1 Å². The van der Waals surface area contributed by atoms with Crippen molar-refractivity contribution in [1.82, 2.24) is 10.2 Å². The second-order valence-corrected chi connectivity index (χ2v) is 6.90. The first kappa shape index (κ1) is 21.4. The van der Waals surface area contributed by atoms with Gasteiger partial charge >= 0.3 is 17.7 Å². The van der Waals surface area contributed by atoms with Crippen LogP contribution in [0.3, 0.4) is 0 Å². The van der Waals surface area contributed by atoms with Gasteiger partial charge in [0, 0.05) is 24.6 Å². The first-order valence-corrected chi connectivity index (χ1v) is 9.58. The van der Waals surface area contributed by atoms with Gasteiger partial charge in [-0.3, -0.25) is 10.1 Å². The van der Waals surface area contributed by atoms with Gasteiger partial charge in [-0.1, -0.05) is 0 Å². The number of nitrogens with one attached hydrogen (secondary N) is 1. The monoisotopic (exact) mass is 411 g/mol. The summed E-state index contributed by atoms with van der Waals surface area (Å²) in [5.74, 6) is -0.827. The highest BCUT2D eigenvalue weighted by atomic mass is 32.2. The molecule has 1 aromatic rings. The third kappa shape index (κ3) is 4.14. The van der Waals surface area contributed by atoms with E-state index in [1.807, 2.05) is 6.26 Å². The number of phenols is 1. The number of nitro groups is 1. The third-order valence-electron chi connectivity index (χ3n) is 4.32. The van der Waals surface area contributed by atoms with Crippen LogP contribution in [0, 0.1) is 10.1 Å². The molecule has 1 aliphatic rings. The number of nitro benzene ring substituents is 1. The number of benzene rings is 1. The number of phenolic OH excluding ortho intramolecular Hbond substituents is 1. The van der Waals surface area contributed by atoms with Gasteiger partial charge in [0.1, 0.15) is 6.61 Å². The quantitative estimate of drug-likeness (QED) is 0.302. The predicted molar refractivity (Wildman–Crippen MR) is 102 cm³/mol. The molecule has 0 spiro atoms. The number of aromatic hydroxyl groups is 1. The van der Waals surface area contributed by atoms with Crippen molar-refractivity contribution in [1.29, 1.82) is 0 Å². The van der Waals surface area contributed by atoms with E-state index in [-0.39, 0.29) is 23.5 Å². The van der Waals surface area contributed by atoms with Gasteiger partial charge in [0.2, 0.25) is 5.75 Å². The highest BCUT2D eigenvalue weighted by molar-refractivity contribution is 7.98. The smallest absolute Gasteiger partial charge is 0.338 e. The SMILES string of the molecule is COc1cc(C2NC(=O)N(C)C(C)=C2C(=O)OCCSC)cc([N+](=O)[O-])c1O. The molecule has 0 aromatic heterocycles. The highest BCUT2D eigenvalue weighted by Crippen LogP contribution is 2.41. The van der Waals surface area contributed by atoms with Gasteiger partial charge in [-0.2, -0.15) is 11.8 Å². The fourth-order valence-corrected chi connectivity index (χ4v) is 2.97. The molecule has 1 atom stereocenters. The zero-order chi connectivity index (χ0) is 21.0. The summed E-state index contributed by atoms with van der Waals surface area (Å²) in [5.41, 5.74) is 0.108. The third-order valence-corrected chi connectivity index (χ3v) is 4.90. The Morgan fingerprint density at radius 1 is 1.46 bits per heavy atom. The maximum Gasteiger partial charge on any atom is 0.338 e. The summed E-state index contributed by atoms with van der Waals surface area (Å²) in [6.07, 6.45) is 1.87. The molecule has 2 N–H and O–H groups in total. The van der Waals surface area contributed by atoms with Crippen LogP contribution in [0.5, 0.6) is 11.5 Å². The predicted octanol–water partition coefficient (Wildman–Crippen LogP) is 2.19. The van der Waals surface area contributed by atoms with E-state index in [0.29, 0.717) is 11.4 Å². The molecule has 0 saturated carbocycles. The Bertz CT molecular complexity index is 840. The molecular weight excluding hydrogens is 390 g/mol. The number of ether oxygens (including phenoxy) is 2. The van der Waals surface area contributed by atoms with Gasteiger partial charge in [-0.15, -0.1) is 0 Å². The second-order valence-electron chi connectivity index (χ2n) is 5.92. The van der Waals surface area contributed by atoms with E-state index in [0.717, 1.165) is 6.07 Å². The van der Waals surface area contributed by atoms with E-state index in [2.05, 4.69) is 5.32 Å². The van der Waals surface area contributed by atoms with Gasteiger partial charge in [-0.05, 0) is 24.8 Å². The number of hydrogen-bond acceptors (Lipinski definition) is 8. The minimum atomic E-state index is -1.00. The zero-order valence-electron chi connectivity index (χ0n) is 15.8. The van der Waals surface area contributed by atoms with Gasteiger partial charge in [0.05, 0.1) is 23.6 Å². The van der Waals surface area contributed by atoms with Crippen molar-refractivity contribution < 1.29 is 29.1 Å². The highest BCUT2D eigenvalue weighted by Gasteiger charge is 2.36. The van der Waals surface area contributed by atoms with Crippen LogP contribution in [0.1, 0.15) is 18.5 Å². The van der Waals surface area contributed by atoms with Crippen molar-refractivity contribution in [3.8, 4) is 11.5 Å². The summed E-state index contributed by atoms with van der Waals surface area (Å²) in [6, 6.07) is 0.939. The zero-order valence-corrected chi connectivity index (χ0v) is 16.7. The molecule has 0 bridgehead atoms. The van der Waals surface area contributed by atoms with Gasteiger partial charge < -0.3 is 24.8 Å². The number of esters is 1. The summed E-state index contributed by atoms with van der Waals surface area (Å²) < 4.78 is 10.3. The minimum Gasteiger partial charge on any atom is -0.500 e. The van der Waals surface area contributed by atoms with E-state index in [9.17, 15) is 24.8 Å². The number of amides is 2. The second kappa shape index (κ2) is 8.83. The summed E-state index contributed by atoms with van der Waals surface area (Å²) in [4.78, 5) is 36.7. The number of nitrogens with zero attached hydrogens (tertiary/aromatic N) is 2. The number of rotatable bonds is 7. The lowest BCUT2D eigenvalue weighted by molar-refractivity contribution is -0.386. The topological polar surface area (TPSA) is 131 Å². The average molecular weight is 411 g/mol. The van der Waals surface area contributed by atoms with Crippen LogP contribution in [0.4, 0.5) is 10.5 Å². The molecule has 2 amide bonds. The maximum atomic E-state index is 12.7. The van der Waals surface area contributed by atoms with Gasteiger partial charge in [0.25, 0.3) is 0 Å². The standard InChI is InChI=1S/C17H21N3O7S/c1-9-13(16(22)27-5-6-28-4)14(18-17(23)19(9)2)10-7-11(20(24)25)15(21)12(8-10)26-3/h7-8,14,21H,5-6H2,1-4H3,(H,18,23). The van der Waals surface area contributed by atoms with E-state index in [1.165, 1.54) is 36.9 Å². The number of carbonyl (C=O) groups excluding carboxylic acids is 2. The molecule has 0 fully saturated rings. The minimum absolute atomic E-state index is 0.144. The van der Waals surface area contributed by atoms with Crippen molar-refractivity contribution >= 4 is 29.4 Å². The number of hydrogen-bond donors (Lipinski definition) is 2. The Labute approximate surface area is 165 Å². The van der Waals surface area contributed by atoms with Crippen LogP contribution in [0.25, 0.3) is 0 Å². The number of carbonyl (C=O) groups is 2. The number of thioether (sulfide) groups is 1. The van der Waals surface area contributed by atoms with Crippen molar-refractivity contribution in [2.45, 2.75) is 13.0 Å². The summed E-state index contributed by atoms with van der Waals surface area (Å²) in [7, 11) is 2.74. The molecule has 28 heavy (non-hydrogen) atoms. The lowest BCUT2D eigenvalue weighted by Gasteiger charge is -2.33. The molecule has 11 heteroatoms. The molecule has 1 aliphatic heterocycles. The van der Waals surface area contributed by atoms with Gasteiger partial charge in [0.15, 0.2) is 5.75 Å². The lowest BCUT2D eigenvalue weighted by atomic mass is 9.94. The van der Waals surface area contributed by atoms with Crippen LogP contribution >= 0.6 is 11.8 Å². The Morgan fingerprint density at radius 2 is 2.14 bits per heavy atom. The van der Waals surface area contributed by atoms with E-state index in [4.69, 9.17) is 9.47 Å². The number of allylic oxidation sites excluding steroid dienone is 1. The number of methoxy groups -OCH3 is 1. The van der Waals surface area contributed by atoms with E-state index < -0.39 is 34.4 Å². The Balaban J connectivity index is 2.57. The van der Waals surface area contributed by atoms with Crippen molar-refractivity contribution in [2.75, 3.05) is 32.8 Å². The molecular formula is C17H21N3O7S. The van der Waals surface area contributed by atoms with Crippen molar-refractivity contribution in [2.24, 2.45) is 0 Å². The van der Waals surface area contributed by atoms with Crippen LogP contribution in [0.2, 0.25) is 0 Å². The summed E-state index contributed by atoms with van der Waals surface area (Å²) >= 11 is 1.51. The van der Waals surface area contributed by atoms with Crippen molar-refractivity contribution in [3.05, 3.63) is 39.1 Å². The van der Waals surface area contributed by atoms with Crippen LogP contribution in [-0.4, -0.2) is 59.7 Å². The lowest BCUT2D eigenvalue weighted by Crippen LogP contribution is -2.46. The molecule has 1 heterocycles. The average Bonchev–Trinajstić information content (AvgIpc) is 2.65. The molecule has 0 saturated heterocycles. The molecule has 0 aliphatic carbocycles. The van der Waals surface area contributed by atoms with Crippen molar-refractivity contribution in [3.63, 3.8) is 0 Å². The van der Waals surface area contributed by atoms with E-state index in [1.54, 1.807) is 6.92 Å². The molecule has 1 aromatic carbocycles. The normalized spacial score (nSPS) is 16.6. The van der Waals surface area contributed by atoms with E-state index >= 15 is 0 Å². The largest absolute Gasteiger partial charge is 0.500 e. The molecule has 1 unspecified atom stereocenters. The molecule has 10 nitrogen and oxygen atoms in total. The molecule has 152 valence electrons. The first-order chi connectivity index (χ1) is 13.2. The number of urea groups is 1. The fraction of sp³-hybridized carbons (Fsp3) is 0.412. The fourth-order valence-electron chi connectivity index (χ4n) is 2.72. The Hall–Kier alpha value is -2.95. The maximum absolute atomic E-state index is 12.7. The van der Waals surface area contributed by atoms with Crippen LogP contribution in [0.15, 0.2) is 23.4 Å². The molecule has 0 radical (unpaired) electrons. The Morgan fingerprint density at radius 3 is 2.71 bits per heavy atom. The first-order valence-electron chi connectivity index (χ1n) is 8.19.